The normalized spacial score (nSPS) is 17.0. The molecule has 2 amide bonds. The molecule has 0 spiro atoms. The minimum Gasteiger partial charge on any atom is -0.344 e. The Morgan fingerprint density at radius 2 is 2.00 bits per heavy atom. The lowest BCUT2D eigenvalue weighted by Crippen LogP contribution is -2.46. The molecule has 6 nitrogen and oxygen atoms in total. The van der Waals surface area contributed by atoms with Crippen LogP contribution in [0.4, 0.5) is 5.13 Å². The van der Waals surface area contributed by atoms with Crippen LogP contribution in [-0.2, 0) is 16.1 Å². The number of thiazole rings is 1. The number of aromatic nitrogens is 1. The first-order valence-corrected chi connectivity index (χ1v) is 9.08. The third-order valence-electron chi connectivity index (χ3n) is 3.92. The van der Waals surface area contributed by atoms with Gasteiger partial charge in [0.15, 0.2) is 5.13 Å². The maximum atomic E-state index is 12.3. The summed E-state index contributed by atoms with van der Waals surface area (Å²) in [6.07, 6.45) is 3.82. The van der Waals surface area contributed by atoms with Gasteiger partial charge in [-0.15, -0.1) is 11.3 Å². The van der Waals surface area contributed by atoms with Gasteiger partial charge in [0, 0.05) is 18.8 Å². The summed E-state index contributed by atoms with van der Waals surface area (Å²) in [6.45, 7) is 8.32. The molecule has 1 aromatic heterocycles. The summed E-state index contributed by atoms with van der Waals surface area (Å²) < 4.78 is 0. The highest BCUT2D eigenvalue weighted by Crippen LogP contribution is 2.19. The van der Waals surface area contributed by atoms with Crippen molar-refractivity contribution in [2.24, 2.45) is 5.92 Å². The van der Waals surface area contributed by atoms with Gasteiger partial charge in [0.05, 0.1) is 5.69 Å². The predicted octanol–water partition coefficient (Wildman–Crippen LogP) is 2.23. The van der Waals surface area contributed by atoms with Gasteiger partial charge in [0.25, 0.3) is 0 Å². The molecule has 2 rings (SSSR count). The van der Waals surface area contributed by atoms with Crippen LogP contribution < -0.4 is 10.6 Å². The van der Waals surface area contributed by atoms with Crippen molar-refractivity contribution >= 4 is 28.3 Å². The molecule has 1 aliphatic heterocycles. The van der Waals surface area contributed by atoms with E-state index in [1.165, 1.54) is 37.5 Å². The Labute approximate surface area is 141 Å². The Bertz CT molecular complexity index is 538. The molecule has 23 heavy (non-hydrogen) atoms. The van der Waals surface area contributed by atoms with Crippen LogP contribution in [-0.4, -0.2) is 40.8 Å². The molecule has 2 heterocycles. The SMILES string of the molecule is CC(=O)NC(C(=O)Nc1nc(CN2CCCCC2)cs1)C(C)C. The van der Waals surface area contributed by atoms with E-state index in [-0.39, 0.29) is 17.7 Å². The highest BCUT2D eigenvalue weighted by atomic mass is 32.1. The first kappa shape index (κ1) is 17.9. The minimum atomic E-state index is -0.540. The summed E-state index contributed by atoms with van der Waals surface area (Å²) in [5, 5.41) is 8.10. The van der Waals surface area contributed by atoms with Gasteiger partial charge in [-0.05, 0) is 31.8 Å². The average molecular weight is 338 g/mol. The van der Waals surface area contributed by atoms with Crippen molar-refractivity contribution in [1.82, 2.24) is 15.2 Å². The maximum Gasteiger partial charge on any atom is 0.248 e. The van der Waals surface area contributed by atoms with Gasteiger partial charge >= 0.3 is 0 Å². The number of carbonyl (C=O) groups is 2. The van der Waals surface area contributed by atoms with Crippen LogP contribution in [0.2, 0.25) is 0 Å². The number of hydrogen-bond donors (Lipinski definition) is 2. The van der Waals surface area contributed by atoms with Crippen molar-refractivity contribution in [1.29, 1.82) is 0 Å². The van der Waals surface area contributed by atoms with Crippen molar-refractivity contribution in [3.8, 4) is 0 Å². The van der Waals surface area contributed by atoms with Crippen LogP contribution in [0.5, 0.6) is 0 Å². The number of nitrogens with zero attached hydrogens (tertiary/aromatic N) is 2. The first-order valence-electron chi connectivity index (χ1n) is 8.20. The number of amides is 2. The van der Waals surface area contributed by atoms with Crippen LogP contribution in [0.1, 0.15) is 45.7 Å². The standard InChI is InChI=1S/C16H26N4O2S/c1-11(2)14(17-12(3)21)15(22)19-16-18-13(10-23-16)9-20-7-5-4-6-8-20/h10-11,14H,4-9H2,1-3H3,(H,17,21)(H,18,19,22). The quantitative estimate of drug-likeness (QED) is 0.834. The van der Waals surface area contributed by atoms with Crippen molar-refractivity contribution in [2.75, 3.05) is 18.4 Å². The molecule has 7 heteroatoms. The second-order valence-electron chi connectivity index (χ2n) is 6.39. The average Bonchev–Trinajstić information content (AvgIpc) is 2.92. The Morgan fingerprint density at radius 1 is 1.30 bits per heavy atom. The highest BCUT2D eigenvalue weighted by molar-refractivity contribution is 7.13. The molecular formula is C16H26N4O2S. The molecule has 1 unspecified atom stereocenters. The Kier molecular flexibility index (Phi) is 6.53. The van der Waals surface area contributed by atoms with Crippen molar-refractivity contribution in [2.45, 2.75) is 52.6 Å². The molecule has 1 fully saturated rings. The van der Waals surface area contributed by atoms with Crippen LogP contribution >= 0.6 is 11.3 Å². The molecule has 0 aliphatic carbocycles. The smallest absolute Gasteiger partial charge is 0.248 e. The predicted molar refractivity (Wildman–Crippen MR) is 92.3 cm³/mol. The topological polar surface area (TPSA) is 74.3 Å². The second-order valence-corrected chi connectivity index (χ2v) is 7.25. The molecule has 0 aromatic carbocycles. The van der Waals surface area contributed by atoms with E-state index in [2.05, 4.69) is 20.5 Å². The van der Waals surface area contributed by atoms with Gasteiger partial charge in [0.1, 0.15) is 6.04 Å². The van der Waals surface area contributed by atoms with Gasteiger partial charge in [-0.25, -0.2) is 4.98 Å². The highest BCUT2D eigenvalue weighted by Gasteiger charge is 2.24. The fraction of sp³-hybridized carbons (Fsp3) is 0.688. The Hall–Kier alpha value is -1.47. The largest absolute Gasteiger partial charge is 0.344 e. The van der Waals surface area contributed by atoms with Crippen molar-refractivity contribution in [3.63, 3.8) is 0 Å². The molecule has 2 N–H and O–H groups in total. The monoisotopic (exact) mass is 338 g/mol. The van der Waals surface area contributed by atoms with E-state index in [1.807, 2.05) is 19.2 Å². The van der Waals surface area contributed by atoms with E-state index in [9.17, 15) is 9.59 Å². The molecule has 0 bridgehead atoms. The number of likely N-dealkylation sites (tertiary alicyclic amines) is 1. The van der Waals surface area contributed by atoms with Crippen LogP contribution in [0.15, 0.2) is 5.38 Å². The van der Waals surface area contributed by atoms with Crippen molar-refractivity contribution in [3.05, 3.63) is 11.1 Å². The molecule has 1 aromatic rings. The van der Waals surface area contributed by atoms with Gasteiger partial charge < -0.3 is 10.6 Å². The number of carbonyl (C=O) groups excluding carboxylic acids is 2. The van der Waals surface area contributed by atoms with Gasteiger partial charge in [-0.3, -0.25) is 14.5 Å². The number of nitrogens with one attached hydrogen (secondary N) is 2. The second kappa shape index (κ2) is 8.40. The summed E-state index contributed by atoms with van der Waals surface area (Å²) in [6, 6.07) is -0.540. The molecule has 1 saturated heterocycles. The summed E-state index contributed by atoms with van der Waals surface area (Å²) >= 11 is 1.43. The number of hydrogen-bond acceptors (Lipinski definition) is 5. The van der Waals surface area contributed by atoms with Crippen LogP contribution in [0, 0.1) is 5.92 Å². The molecule has 0 radical (unpaired) electrons. The lowest BCUT2D eigenvalue weighted by atomic mass is 10.0. The molecule has 128 valence electrons. The molecular weight excluding hydrogens is 312 g/mol. The van der Waals surface area contributed by atoms with Gasteiger partial charge in [-0.2, -0.15) is 0 Å². The van der Waals surface area contributed by atoms with E-state index in [0.717, 1.165) is 25.3 Å². The summed E-state index contributed by atoms with van der Waals surface area (Å²) in [5.74, 6) is -0.399. The maximum absolute atomic E-state index is 12.3. The molecule has 1 atom stereocenters. The zero-order chi connectivity index (χ0) is 16.8. The number of rotatable bonds is 6. The number of piperidine rings is 1. The summed E-state index contributed by atoms with van der Waals surface area (Å²) in [7, 11) is 0. The van der Waals surface area contributed by atoms with Gasteiger partial charge in [0.2, 0.25) is 11.8 Å². The zero-order valence-corrected chi connectivity index (χ0v) is 14.9. The molecule has 1 aliphatic rings. The van der Waals surface area contributed by atoms with E-state index >= 15 is 0 Å². The third-order valence-corrected chi connectivity index (χ3v) is 4.73. The number of anilines is 1. The summed E-state index contributed by atoms with van der Waals surface area (Å²) in [4.78, 5) is 30.4. The summed E-state index contributed by atoms with van der Waals surface area (Å²) in [5.41, 5.74) is 0.993. The fourth-order valence-corrected chi connectivity index (χ4v) is 3.43. The fourth-order valence-electron chi connectivity index (χ4n) is 2.72. The van der Waals surface area contributed by atoms with Gasteiger partial charge in [-0.1, -0.05) is 20.3 Å². The minimum absolute atomic E-state index is 0.0201. The van der Waals surface area contributed by atoms with E-state index < -0.39 is 6.04 Å². The van der Waals surface area contributed by atoms with E-state index in [4.69, 9.17) is 0 Å². The lowest BCUT2D eigenvalue weighted by molar-refractivity contribution is -0.126. The zero-order valence-electron chi connectivity index (χ0n) is 14.1. The first-order chi connectivity index (χ1) is 11.0. The third kappa shape index (κ3) is 5.58. The Balaban J connectivity index is 1.91. The lowest BCUT2D eigenvalue weighted by Gasteiger charge is -2.25. The van der Waals surface area contributed by atoms with E-state index in [0.29, 0.717) is 5.13 Å². The van der Waals surface area contributed by atoms with Crippen LogP contribution in [0.25, 0.3) is 0 Å². The van der Waals surface area contributed by atoms with Crippen molar-refractivity contribution < 1.29 is 9.59 Å². The Morgan fingerprint density at radius 3 is 2.61 bits per heavy atom. The van der Waals surface area contributed by atoms with Crippen LogP contribution in [0.3, 0.4) is 0 Å². The molecule has 0 saturated carbocycles. The van der Waals surface area contributed by atoms with E-state index in [1.54, 1.807) is 0 Å².